The number of rotatable bonds is 8. The monoisotopic (exact) mass is 277 g/mol. The fourth-order valence-electron chi connectivity index (χ4n) is 1.94. The second-order valence-electron chi connectivity index (χ2n) is 4.67. The SMILES string of the molecule is CCCNC(CCCC(F)(F)F)c1ccc(CC)o1. The molecule has 1 atom stereocenters. The van der Waals surface area contributed by atoms with Gasteiger partial charge in [-0.2, -0.15) is 13.2 Å². The number of aryl methyl sites for hydroxylation is 1. The van der Waals surface area contributed by atoms with Crippen LogP contribution in [0.4, 0.5) is 13.2 Å². The van der Waals surface area contributed by atoms with Crippen LogP contribution in [-0.4, -0.2) is 12.7 Å². The molecule has 0 spiro atoms. The van der Waals surface area contributed by atoms with Crippen LogP contribution in [0.5, 0.6) is 0 Å². The maximum absolute atomic E-state index is 12.2. The van der Waals surface area contributed by atoms with Crippen LogP contribution in [0.2, 0.25) is 0 Å². The lowest BCUT2D eigenvalue weighted by Gasteiger charge is -2.16. The zero-order chi connectivity index (χ0) is 14.3. The third-order valence-corrected chi connectivity index (χ3v) is 2.97. The van der Waals surface area contributed by atoms with E-state index in [9.17, 15) is 13.2 Å². The molecule has 1 heterocycles. The topological polar surface area (TPSA) is 25.2 Å². The van der Waals surface area contributed by atoms with E-state index in [1.165, 1.54) is 0 Å². The van der Waals surface area contributed by atoms with Crippen molar-refractivity contribution in [3.05, 3.63) is 23.7 Å². The molecule has 1 rings (SSSR count). The van der Waals surface area contributed by atoms with Crippen molar-refractivity contribution < 1.29 is 17.6 Å². The van der Waals surface area contributed by atoms with Crippen molar-refractivity contribution in [2.45, 2.75) is 58.2 Å². The van der Waals surface area contributed by atoms with E-state index >= 15 is 0 Å². The number of halogens is 3. The van der Waals surface area contributed by atoms with Crippen molar-refractivity contribution in [2.24, 2.45) is 0 Å². The summed E-state index contributed by atoms with van der Waals surface area (Å²) in [6.45, 7) is 4.79. The molecular weight excluding hydrogens is 255 g/mol. The Morgan fingerprint density at radius 1 is 1.26 bits per heavy atom. The van der Waals surface area contributed by atoms with Crippen molar-refractivity contribution in [3.63, 3.8) is 0 Å². The quantitative estimate of drug-likeness (QED) is 0.750. The summed E-state index contributed by atoms with van der Waals surface area (Å²) in [5, 5.41) is 3.25. The summed E-state index contributed by atoms with van der Waals surface area (Å²) in [5.41, 5.74) is 0. The van der Waals surface area contributed by atoms with E-state index in [1.807, 2.05) is 26.0 Å². The second kappa shape index (κ2) is 7.58. The summed E-state index contributed by atoms with van der Waals surface area (Å²) in [6.07, 6.45) is -2.52. The van der Waals surface area contributed by atoms with E-state index in [2.05, 4.69) is 5.32 Å². The lowest BCUT2D eigenvalue weighted by molar-refractivity contribution is -0.135. The predicted octanol–water partition coefficient (Wildman–Crippen LogP) is 4.62. The smallest absolute Gasteiger partial charge is 0.389 e. The normalized spacial score (nSPS) is 13.7. The largest absolute Gasteiger partial charge is 0.464 e. The van der Waals surface area contributed by atoms with Crippen LogP contribution in [0.3, 0.4) is 0 Å². The second-order valence-corrected chi connectivity index (χ2v) is 4.67. The maximum Gasteiger partial charge on any atom is 0.389 e. The molecule has 2 nitrogen and oxygen atoms in total. The van der Waals surface area contributed by atoms with Crippen LogP contribution in [0.25, 0.3) is 0 Å². The van der Waals surface area contributed by atoms with Gasteiger partial charge in [0.2, 0.25) is 0 Å². The van der Waals surface area contributed by atoms with Gasteiger partial charge in [-0.25, -0.2) is 0 Å². The van der Waals surface area contributed by atoms with E-state index < -0.39 is 12.6 Å². The van der Waals surface area contributed by atoms with Gasteiger partial charge in [-0.1, -0.05) is 13.8 Å². The van der Waals surface area contributed by atoms with E-state index in [4.69, 9.17) is 4.42 Å². The van der Waals surface area contributed by atoms with Crippen molar-refractivity contribution in [2.75, 3.05) is 6.54 Å². The molecule has 0 saturated carbocycles. The fraction of sp³-hybridized carbons (Fsp3) is 0.714. The number of hydrogen-bond acceptors (Lipinski definition) is 2. The molecular formula is C14H22F3NO. The first-order valence-corrected chi connectivity index (χ1v) is 6.85. The summed E-state index contributed by atoms with van der Waals surface area (Å²) in [7, 11) is 0. The van der Waals surface area contributed by atoms with Gasteiger partial charge in [-0.05, 0) is 37.9 Å². The Morgan fingerprint density at radius 3 is 2.53 bits per heavy atom. The third-order valence-electron chi connectivity index (χ3n) is 2.97. The molecule has 5 heteroatoms. The van der Waals surface area contributed by atoms with Gasteiger partial charge in [0.25, 0.3) is 0 Å². The van der Waals surface area contributed by atoms with Crippen LogP contribution in [0, 0.1) is 0 Å². The number of alkyl halides is 3. The van der Waals surface area contributed by atoms with Gasteiger partial charge in [0.1, 0.15) is 11.5 Å². The highest BCUT2D eigenvalue weighted by atomic mass is 19.4. The summed E-state index contributed by atoms with van der Waals surface area (Å²) < 4.78 is 42.2. The number of furan rings is 1. The first-order chi connectivity index (χ1) is 8.96. The van der Waals surface area contributed by atoms with Crippen LogP contribution < -0.4 is 5.32 Å². The van der Waals surface area contributed by atoms with Gasteiger partial charge < -0.3 is 9.73 Å². The Bertz CT molecular complexity index is 360. The molecule has 0 radical (unpaired) electrons. The average molecular weight is 277 g/mol. The first kappa shape index (κ1) is 16.1. The molecule has 1 N–H and O–H groups in total. The summed E-state index contributed by atoms with van der Waals surface area (Å²) >= 11 is 0. The maximum atomic E-state index is 12.2. The van der Waals surface area contributed by atoms with Gasteiger partial charge in [0.15, 0.2) is 0 Å². The Balaban J connectivity index is 2.55. The Hall–Kier alpha value is -0.970. The van der Waals surface area contributed by atoms with Crippen LogP contribution in [0.1, 0.15) is 57.1 Å². The molecule has 1 unspecified atom stereocenters. The number of hydrogen-bond donors (Lipinski definition) is 1. The lowest BCUT2D eigenvalue weighted by atomic mass is 10.1. The van der Waals surface area contributed by atoms with Crippen molar-refractivity contribution in [1.29, 1.82) is 0 Å². The summed E-state index contributed by atoms with van der Waals surface area (Å²) in [5.74, 6) is 1.61. The molecule has 110 valence electrons. The molecule has 0 amide bonds. The third kappa shape index (κ3) is 6.14. The molecule has 0 saturated heterocycles. The van der Waals surface area contributed by atoms with E-state index in [0.717, 1.165) is 30.9 Å². The van der Waals surface area contributed by atoms with E-state index in [0.29, 0.717) is 6.42 Å². The van der Waals surface area contributed by atoms with Crippen LogP contribution in [0.15, 0.2) is 16.5 Å². The summed E-state index contributed by atoms with van der Waals surface area (Å²) in [4.78, 5) is 0. The molecule has 0 aliphatic carbocycles. The standard InChI is InChI=1S/C14H22F3NO/c1-3-10-18-12(6-5-9-14(15,16)17)13-8-7-11(4-2)19-13/h7-8,12,18H,3-6,9-10H2,1-2H3. The van der Waals surface area contributed by atoms with Gasteiger partial charge in [0.05, 0.1) is 6.04 Å². The van der Waals surface area contributed by atoms with Gasteiger partial charge in [0, 0.05) is 12.8 Å². The minimum atomic E-state index is -4.08. The minimum absolute atomic E-state index is 0.118. The highest BCUT2D eigenvalue weighted by molar-refractivity contribution is 5.10. The Morgan fingerprint density at radius 2 is 2.00 bits per heavy atom. The van der Waals surface area contributed by atoms with E-state index in [1.54, 1.807) is 0 Å². The molecule has 19 heavy (non-hydrogen) atoms. The highest BCUT2D eigenvalue weighted by Gasteiger charge is 2.27. The molecule has 0 aliphatic heterocycles. The molecule has 0 aromatic carbocycles. The highest BCUT2D eigenvalue weighted by Crippen LogP contribution is 2.27. The lowest BCUT2D eigenvalue weighted by Crippen LogP contribution is -2.22. The van der Waals surface area contributed by atoms with Crippen molar-refractivity contribution >= 4 is 0 Å². The summed E-state index contributed by atoms with van der Waals surface area (Å²) in [6, 6.07) is 3.63. The van der Waals surface area contributed by atoms with Crippen molar-refractivity contribution in [3.8, 4) is 0 Å². The van der Waals surface area contributed by atoms with Gasteiger partial charge in [-0.15, -0.1) is 0 Å². The molecule has 0 bridgehead atoms. The average Bonchev–Trinajstić information content (AvgIpc) is 2.80. The molecule has 1 aromatic heterocycles. The number of nitrogens with one attached hydrogen (secondary N) is 1. The molecule has 0 fully saturated rings. The first-order valence-electron chi connectivity index (χ1n) is 6.85. The van der Waals surface area contributed by atoms with E-state index in [-0.39, 0.29) is 12.5 Å². The van der Waals surface area contributed by atoms with Crippen LogP contribution in [-0.2, 0) is 6.42 Å². The minimum Gasteiger partial charge on any atom is -0.464 e. The Kier molecular flexibility index (Phi) is 6.42. The molecule has 1 aromatic rings. The predicted molar refractivity (Wildman–Crippen MR) is 69.0 cm³/mol. The zero-order valence-electron chi connectivity index (χ0n) is 11.5. The Labute approximate surface area is 112 Å². The molecule has 0 aliphatic rings. The van der Waals surface area contributed by atoms with Gasteiger partial charge in [-0.3, -0.25) is 0 Å². The van der Waals surface area contributed by atoms with Gasteiger partial charge >= 0.3 is 6.18 Å². The van der Waals surface area contributed by atoms with Crippen LogP contribution >= 0.6 is 0 Å². The zero-order valence-corrected chi connectivity index (χ0v) is 11.5. The van der Waals surface area contributed by atoms with Crippen molar-refractivity contribution in [1.82, 2.24) is 5.32 Å². The fourth-order valence-corrected chi connectivity index (χ4v) is 1.94.